The molecule has 0 saturated heterocycles. The maximum atomic E-state index is 12.6. The van der Waals surface area contributed by atoms with Crippen LogP contribution in [0.25, 0.3) is 22.6 Å². The Balaban J connectivity index is 1.06. The Morgan fingerprint density at radius 3 is 1.88 bits per heavy atom. The summed E-state index contributed by atoms with van der Waals surface area (Å²) in [7, 11) is 9.38. The fourth-order valence-electron chi connectivity index (χ4n) is 5.86. The monoisotopic (exact) mass is 711 g/mol. The molecule has 2 N–H and O–H groups in total. The molecule has 1 atom stereocenters. The van der Waals surface area contributed by atoms with E-state index in [9.17, 15) is 4.79 Å². The number of nitrogens with one attached hydrogen (secondary N) is 2. The predicted molar refractivity (Wildman–Crippen MR) is 194 cm³/mol. The van der Waals surface area contributed by atoms with E-state index in [0.29, 0.717) is 100 Å². The smallest absolute Gasteiger partial charge is 0.255 e. The fourth-order valence-corrected chi connectivity index (χ4v) is 5.86. The van der Waals surface area contributed by atoms with Gasteiger partial charge in [0.05, 0.1) is 61.4 Å². The van der Waals surface area contributed by atoms with Gasteiger partial charge in [-0.3, -0.25) is 4.79 Å². The molecule has 2 heterocycles. The molecule has 4 aromatic carbocycles. The Morgan fingerprint density at radius 2 is 1.23 bits per heavy atom. The molecule has 0 bridgehead atoms. The quantitative estimate of drug-likeness (QED) is 0.100. The predicted octanol–water partition coefficient (Wildman–Crippen LogP) is 7.15. The number of benzene rings is 4. The molecule has 13 heteroatoms. The lowest BCUT2D eigenvalue weighted by molar-refractivity contribution is 0.0935. The first-order chi connectivity index (χ1) is 25.4. The van der Waals surface area contributed by atoms with E-state index in [1.54, 1.807) is 60.9 Å². The minimum atomic E-state index is -0.396. The molecule has 1 unspecified atom stereocenters. The first-order valence-corrected chi connectivity index (χ1v) is 16.5. The second-order valence-electron chi connectivity index (χ2n) is 11.6. The SMILES string of the molecule is COc1cc(C2NC(=O)c3ccccc3N2)ccc1OCCCCOc1c(OC)cc(-c2cc(-c3cc(OC)c(OC)c(OC)c3)on2)cc1OC. The largest absolute Gasteiger partial charge is 0.493 e. The molecule has 0 fully saturated rings. The highest BCUT2D eigenvalue weighted by Gasteiger charge is 2.25. The average molecular weight is 712 g/mol. The molecule has 5 aromatic rings. The van der Waals surface area contributed by atoms with Gasteiger partial charge in [0.15, 0.2) is 40.3 Å². The van der Waals surface area contributed by atoms with Crippen LogP contribution in [0.2, 0.25) is 0 Å². The van der Waals surface area contributed by atoms with Crippen molar-refractivity contribution in [1.82, 2.24) is 10.5 Å². The van der Waals surface area contributed by atoms with Gasteiger partial charge in [0.2, 0.25) is 11.5 Å². The number of hydrogen-bond acceptors (Lipinski definition) is 12. The lowest BCUT2D eigenvalue weighted by atomic mass is 10.1. The first kappa shape index (κ1) is 35.6. The second-order valence-corrected chi connectivity index (χ2v) is 11.6. The number of nitrogens with zero attached hydrogens (tertiary/aromatic N) is 1. The van der Waals surface area contributed by atoms with Crippen molar-refractivity contribution in [1.29, 1.82) is 0 Å². The Kier molecular flexibility index (Phi) is 11.1. The van der Waals surface area contributed by atoms with Crippen LogP contribution in [-0.2, 0) is 0 Å². The van der Waals surface area contributed by atoms with E-state index in [-0.39, 0.29) is 5.91 Å². The number of unbranched alkanes of at least 4 members (excludes halogenated alkanes) is 1. The third kappa shape index (κ3) is 7.43. The van der Waals surface area contributed by atoms with Crippen molar-refractivity contribution in [2.45, 2.75) is 19.0 Å². The van der Waals surface area contributed by atoms with E-state index in [0.717, 1.165) is 11.3 Å². The van der Waals surface area contributed by atoms with E-state index in [4.69, 9.17) is 42.4 Å². The zero-order valence-electron chi connectivity index (χ0n) is 29.9. The van der Waals surface area contributed by atoms with Gasteiger partial charge in [-0.15, -0.1) is 0 Å². The van der Waals surface area contributed by atoms with Crippen molar-refractivity contribution >= 4 is 11.6 Å². The first-order valence-electron chi connectivity index (χ1n) is 16.5. The van der Waals surface area contributed by atoms with Gasteiger partial charge in [-0.25, -0.2) is 0 Å². The fraction of sp³-hybridized carbons (Fsp3) is 0.282. The van der Waals surface area contributed by atoms with Crippen LogP contribution in [-0.4, -0.2) is 66.9 Å². The third-order valence-corrected chi connectivity index (χ3v) is 8.53. The number of fused-ring (bicyclic) bond motifs is 1. The van der Waals surface area contributed by atoms with Crippen molar-refractivity contribution in [2.24, 2.45) is 0 Å². The Hall–Kier alpha value is -6.24. The van der Waals surface area contributed by atoms with E-state index in [1.807, 2.05) is 54.6 Å². The van der Waals surface area contributed by atoms with E-state index in [1.165, 1.54) is 0 Å². The van der Waals surface area contributed by atoms with Crippen LogP contribution in [0.15, 0.2) is 77.3 Å². The molecule has 1 aromatic heterocycles. The zero-order valence-corrected chi connectivity index (χ0v) is 29.9. The molecule has 1 amide bonds. The number of methoxy groups -OCH3 is 6. The third-order valence-electron chi connectivity index (χ3n) is 8.53. The van der Waals surface area contributed by atoms with Crippen LogP contribution in [0.3, 0.4) is 0 Å². The second kappa shape index (κ2) is 16.2. The summed E-state index contributed by atoms with van der Waals surface area (Å²) < 4.78 is 51.3. The van der Waals surface area contributed by atoms with Crippen molar-refractivity contribution < 1.29 is 47.2 Å². The van der Waals surface area contributed by atoms with Crippen molar-refractivity contribution in [3.05, 3.63) is 83.9 Å². The van der Waals surface area contributed by atoms with Crippen LogP contribution in [0.1, 0.15) is 34.9 Å². The lowest BCUT2D eigenvalue weighted by Crippen LogP contribution is -2.38. The van der Waals surface area contributed by atoms with E-state index >= 15 is 0 Å². The van der Waals surface area contributed by atoms with Crippen molar-refractivity contribution in [3.8, 4) is 68.6 Å². The molecule has 0 spiro atoms. The summed E-state index contributed by atoms with van der Waals surface area (Å²) in [6.45, 7) is 0.841. The van der Waals surface area contributed by atoms with Gasteiger partial charge >= 0.3 is 0 Å². The molecule has 0 radical (unpaired) electrons. The van der Waals surface area contributed by atoms with Crippen LogP contribution >= 0.6 is 0 Å². The van der Waals surface area contributed by atoms with E-state index in [2.05, 4.69) is 15.8 Å². The summed E-state index contributed by atoms with van der Waals surface area (Å²) in [6.07, 6.45) is 1.02. The van der Waals surface area contributed by atoms with Gasteiger partial charge < -0.3 is 53.1 Å². The molecule has 52 heavy (non-hydrogen) atoms. The highest BCUT2D eigenvalue weighted by molar-refractivity contribution is 6.01. The summed E-state index contributed by atoms with van der Waals surface area (Å²) in [4.78, 5) is 12.6. The zero-order chi connectivity index (χ0) is 36.6. The standard InChI is InChI=1S/C39H41N3O10/c1-44-31-17-23(38-40-27-12-8-7-11-26(27)39(43)41-38)13-14-29(31)50-15-9-10-16-51-37-34(47-4)18-24(19-35(37)48-5)28-22-30(52-42-28)25-20-32(45-2)36(49-6)33(21-25)46-3/h7-8,11-14,17-22,38,40H,9-10,15-16H2,1-6H3,(H,41,43). The molecule has 13 nitrogen and oxygen atoms in total. The van der Waals surface area contributed by atoms with Gasteiger partial charge in [0.25, 0.3) is 5.91 Å². The Morgan fingerprint density at radius 1 is 0.615 bits per heavy atom. The normalized spacial score (nSPS) is 13.3. The Bertz CT molecular complexity index is 1980. The molecule has 0 saturated carbocycles. The van der Waals surface area contributed by atoms with E-state index < -0.39 is 6.17 Å². The number of ether oxygens (including phenoxy) is 8. The summed E-state index contributed by atoms with van der Waals surface area (Å²) in [6, 6.07) is 22.0. The van der Waals surface area contributed by atoms with Gasteiger partial charge in [-0.05, 0) is 66.9 Å². The minimum Gasteiger partial charge on any atom is -0.493 e. The van der Waals surface area contributed by atoms with Gasteiger partial charge in [0, 0.05) is 22.9 Å². The van der Waals surface area contributed by atoms with Crippen molar-refractivity contribution in [2.75, 3.05) is 61.2 Å². The van der Waals surface area contributed by atoms with Gasteiger partial charge in [0.1, 0.15) is 11.9 Å². The number of anilines is 1. The Labute approximate surface area is 301 Å². The lowest BCUT2D eigenvalue weighted by Gasteiger charge is -2.28. The summed E-state index contributed by atoms with van der Waals surface area (Å²) in [5.74, 6) is 4.47. The summed E-state index contributed by atoms with van der Waals surface area (Å²) in [5, 5.41) is 10.6. The molecular weight excluding hydrogens is 670 g/mol. The number of carbonyl (C=O) groups is 1. The molecule has 1 aliphatic heterocycles. The van der Waals surface area contributed by atoms with Gasteiger partial charge in [-0.1, -0.05) is 23.4 Å². The number of para-hydroxylation sites is 1. The number of aromatic nitrogens is 1. The molecule has 272 valence electrons. The maximum Gasteiger partial charge on any atom is 0.255 e. The molecule has 1 aliphatic rings. The summed E-state index contributed by atoms with van der Waals surface area (Å²) in [5.41, 5.74) is 4.21. The summed E-state index contributed by atoms with van der Waals surface area (Å²) >= 11 is 0. The minimum absolute atomic E-state index is 0.135. The van der Waals surface area contributed by atoms with Crippen LogP contribution < -0.4 is 48.5 Å². The average Bonchev–Trinajstić information content (AvgIpc) is 3.69. The highest BCUT2D eigenvalue weighted by atomic mass is 16.5. The number of amides is 1. The van der Waals surface area contributed by atoms with Crippen LogP contribution in [0.4, 0.5) is 5.69 Å². The number of hydrogen-bond donors (Lipinski definition) is 2. The van der Waals surface area contributed by atoms with Crippen molar-refractivity contribution in [3.63, 3.8) is 0 Å². The molecular formula is C39H41N3O10. The molecule has 6 rings (SSSR count). The topological polar surface area (TPSA) is 141 Å². The number of rotatable bonds is 16. The van der Waals surface area contributed by atoms with Crippen LogP contribution in [0, 0.1) is 0 Å². The molecule has 0 aliphatic carbocycles. The van der Waals surface area contributed by atoms with Crippen LogP contribution in [0.5, 0.6) is 46.0 Å². The van der Waals surface area contributed by atoms with Gasteiger partial charge in [-0.2, -0.15) is 0 Å². The maximum absolute atomic E-state index is 12.6. The number of carbonyl (C=O) groups excluding carboxylic acids is 1. The highest BCUT2D eigenvalue weighted by Crippen LogP contribution is 2.44.